The van der Waals surface area contributed by atoms with E-state index >= 15 is 0 Å². The average Bonchev–Trinajstić information content (AvgIpc) is 2.95. The largest absolute Gasteiger partial charge is 0.311 e. The van der Waals surface area contributed by atoms with Crippen molar-refractivity contribution in [3.8, 4) is 0 Å². The number of amides is 1. The minimum Gasteiger partial charge on any atom is -0.305 e. The quantitative estimate of drug-likeness (QED) is 0.510. The first-order chi connectivity index (χ1) is 7.99. The predicted octanol–water partition coefficient (Wildman–Crippen LogP) is 2.24. The van der Waals surface area contributed by atoms with Gasteiger partial charge in [0.25, 0.3) is 0 Å². The van der Waals surface area contributed by atoms with Gasteiger partial charge >= 0.3 is 5.69 Å². The number of nitrogens with one attached hydrogen (secondary N) is 1. The lowest BCUT2D eigenvalue weighted by molar-refractivity contribution is -0.384. The van der Waals surface area contributed by atoms with Gasteiger partial charge in [0.05, 0.1) is 4.92 Å². The molecule has 0 radical (unpaired) electrons. The molecule has 0 bridgehead atoms. The monoisotopic (exact) mass is 255 g/mol. The Labute approximate surface area is 102 Å². The number of aromatic nitrogens is 1. The summed E-state index contributed by atoms with van der Waals surface area (Å²) in [5, 5.41) is 13.3. The van der Waals surface area contributed by atoms with Gasteiger partial charge in [0.15, 0.2) is 0 Å². The van der Waals surface area contributed by atoms with Crippen LogP contribution in [0, 0.1) is 22.0 Å². The first-order valence-electron chi connectivity index (χ1n) is 5.11. The van der Waals surface area contributed by atoms with Crippen molar-refractivity contribution in [2.45, 2.75) is 13.3 Å². The summed E-state index contributed by atoms with van der Waals surface area (Å²) in [4.78, 5) is 25.5. The van der Waals surface area contributed by atoms with Crippen molar-refractivity contribution in [1.82, 2.24) is 4.98 Å². The van der Waals surface area contributed by atoms with Crippen LogP contribution in [0.3, 0.4) is 0 Å². The Morgan fingerprint density at radius 3 is 2.82 bits per heavy atom. The molecule has 90 valence electrons. The number of hydrogen-bond donors (Lipinski definition) is 1. The molecule has 17 heavy (non-hydrogen) atoms. The van der Waals surface area contributed by atoms with Gasteiger partial charge in [-0.1, -0.05) is 18.5 Å². The number of hydrogen-bond acceptors (Lipinski definition) is 4. The zero-order chi connectivity index (χ0) is 12.6. The van der Waals surface area contributed by atoms with Crippen LogP contribution in [0.2, 0.25) is 5.15 Å². The van der Waals surface area contributed by atoms with Crippen LogP contribution >= 0.6 is 11.6 Å². The third-order valence-electron chi connectivity index (χ3n) is 2.72. The van der Waals surface area contributed by atoms with E-state index in [2.05, 4.69) is 10.3 Å². The minimum atomic E-state index is -0.602. The van der Waals surface area contributed by atoms with Crippen LogP contribution in [0.25, 0.3) is 0 Å². The highest BCUT2D eigenvalue weighted by atomic mass is 35.5. The first-order valence-corrected chi connectivity index (χ1v) is 5.48. The Morgan fingerprint density at radius 2 is 2.29 bits per heavy atom. The van der Waals surface area contributed by atoms with Gasteiger partial charge in [-0.05, 0) is 18.4 Å². The standard InChI is InChI=1S/C10H10ClN3O3/c1-5-4-6(5)10(15)13-9-7(14(16)17)2-3-8(11)12-9/h2-3,5-6H,4H2,1H3,(H,12,13,15). The molecule has 1 aliphatic rings. The van der Waals surface area contributed by atoms with Crippen molar-refractivity contribution in [1.29, 1.82) is 0 Å². The normalized spacial score (nSPS) is 22.0. The van der Waals surface area contributed by atoms with E-state index in [4.69, 9.17) is 11.6 Å². The molecular weight excluding hydrogens is 246 g/mol. The fraction of sp³-hybridized carbons (Fsp3) is 0.400. The second-order valence-corrected chi connectivity index (χ2v) is 4.45. The second kappa shape index (κ2) is 4.29. The Balaban J connectivity index is 2.21. The summed E-state index contributed by atoms with van der Waals surface area (Å²) in [5.74, 6) is -0.0782. The molecule has 1 aromatic rings. The lowest BCUT2D eigenvalue weighted by Gasteiger charge is -2.04. The lowest BCUT2D eigenvalue weighted by atomic mass is 10.3. The van der Waals surface area contributed by atoms with Gasteiger partial charge in [-0.25, -0.2) is 4.98 Å². The van der Waals surface area contributed by atoms with Crippen molar-refractivity contribution < 1.29 is 9.72 Å². The maximum atomic E-state index is 11.7. The summed E-state index contributed by atoms with van der Waals surface area (Å²) in [7, 11) is 0. The van der Waals surface area contributed by atoms with E-state index in [0.717, 1.165) is 6.42 Å². The number of carbonyl (C=O) groups excluding carboxylic acids is 1. The van der Waals surface area contributed by atoms with Crippen molar-refractivity contribution in [2.24, 2.45) is 11.8 Å². The molecule has 2 unspecified atom stereocenters. The number of anilines is 1. The molecule has 1 fully saturated rings. The maximum absolute atomic E-state index is 11.7. The number of pyridine rings is 1. The predicted molar refractivity (Wildman–Crippen MR) is 61.8 cm³/mol. The average molecular weight is 256 g/mol. The molecule has 2 atom stereocenters. The van der Waals surface area contributed by atoms with Crippen molar-refractivity contribution in [3.63, 3.8) is 0 Å². The van der Waals surface area contributed by atoms with E-state index in [9.17, 15) is 14.9 Å². The van der Waals surface area contributed by atoms with E-state index in [-0.39, 0.29) is 28.5 Å². The number of halogens is 1. The highest BCUT2D eigenvalue weighted by Gasteiger charge is 2.39. The minimum absolute atomic E-state index is 0.0737. The zero-order valence-corrected chi connectivity index (χ0v) is 9.77. The molecule has 0 aliphatic heterocycles. The molecule has 0 spiro atoms. The Morgan fingerprint density at radius 1 is 1.65 bits per heavy atom. The molecule has 1 aromatic heterocycles. The smallest absolute Gasteiger partial charge is 0.305 e. The van der Waals surface area contributed by atoms with E-state index < -0.39 is 4.92 Å². The summed E-state index contributed by atoms with van der Waals surface area (Å²) >= 11 is 5.64. The van der Waals surface area contributed by atoms with Gasteiger partial charge < -0.3 is 5.32 Å². The van der Waals surface area contributed by atoms with Gasteiger partial charge in [0.1, 0.15) is 5.15 Å². The zero-order valence-electron chi connectivity index (χ0n) is 9.01. The fourth-order valence-electron chi connectivity index (χ4n) is 1.56. The Bertz CT molecular complexity index is 492. The van der Waals surface area contributed by atoms with E-state index in [1.54, 1.807) is 0 Å². The van der Waals surface area contributed by atoms with Crippen LogP contribution < -0.4 is 5.32 Å². The van der Waals surface area contributed by atoms with Crippen LogP contribution in [-0.2, 0) is 4.79 Å². The molecule has 7 heteroatoms. The third-order valence-corrected chi connectivity index (χ3v) is 2.94. The summed E-state index contributed by atoms with van der Waals surface area (Å²) < 4.78 is 0. The highest BCUT2D eigenvalue weighted by Crippen LogP contribution is 2.39. The summed E-state index contributed by atoms with van der Waals surface area (Å²) in [6.07, 6.45) is 0.806. The van der Waals surface area contributed by atoms with Gasteiger partial charge in [0.2, 0.25) is 11.7 Å². The molecule has 0 saturated heterocycles. The summed E-state index contributed by atoms with van der Waals surface area (Å²) in [6.45, 7) is 1.95. The van der Waals surface area contributed by atoms with Crippen LogP contribution in [-0.4, -0.2) is 15.8 Å². The van der Waals surface area contributed by atoms with Gasteiger partial charge in [0, 0.05) is 12.0 Å². The van der Waals surface area contributed by atoms with E-state index in [1.165, 1.54) is 12.1 Å². The van der Waals surface area contributed by atoms with Gasteiger partial charge in [-0.15, -0.1) is 0 Å². The van der Waals surface area contributed by atoms with Crippen LogP contribution in [0.15, 0.2) is 12.1 Å². The molecule has 2 rings (SSSR count). The summed E-state index contributed by atoms with van der Waals surface area (Å²) in [5.41, 5.74) is -0.254. The molecular formula is C10H10ClN3O3. The molecule has 1 N–H and O–H groups in total. The molecule has 1 saturated carbocycles. The second-order valence-electron chi connectivity index (χ2n) is 4.07. The van der Waals surface area contributed by atoms with E-state index in [1.807, 2.05) is 6.92 Å². The number of nitro groups is 1. The topological polar surface area (TPSA) is 85.1 Å². The van der Waals surface area contributed by atoms with Crippen molar-refractivity contribution >= 4 is 29.0 Å². The van der Waals surface area contributed by atoms with E-state index in [0.29, 0.717) is 5.92 Å². The molecule has 6 nitrogen and oxygen atoms in total. The maximum Gasteiger partial charge on any atom is 0.311 e. The first kappa shape index (κ1) is 11.8. The highest BCUT2D eigenvalue weighted by molar-refractivity contribution is 6.29. The lowest BCUT2D eigenvalue weighted by Crippen LogP contribution is -2.16. The number of nitrogens with zero attached hydrogens (tertiary/aromatic N) is 2. The van der Waals surface area contributed by atoms with Crippen LogP contribution in [0.1, 0.15) is 13.3 Å². The van der Waals surface area contributed by atoms with Crippen molar-refractivity contribution in [3.05, 3.63) is 27.4 Å². The number of carbonyl (C=O) groups is 1. The van der Waals surface area contributed by atoms with Gasteiger partial charge in [-0.3, -0.25) is 14.9 Å². The fourth-order valence-corrected chi connectivity index (χ4v) is 1.71. The van der Waals surface area contributed by atoms with Crippen molar-refractivity contribution in [2.75, 3.05) is 5.32 Å². The molecule has 1 amide bonds. The Kier molecular flexibility index (Phi) is 2.97. The molecule has 0 aromatic carbocycles. The Hall–Kier alpha value is -1.69. The van der Waals surface area contributed by atoms with Crippen LogP contribution in [0.4, 0.5) is 11.5 Å². The summed E-state index contributed by atoms with van der Waals surface area (Å²) in [6, 6.07) is 2.54. The molecule has 1 aliphatic carbocycles. The SMILES string of the molecule is CC1CC1C(=O)Nc1nc(Cl)ccc1[N+](=O)[O-]. The van der Waals surface area contributed by atoms with Crippen LogP contribution in [0.5, 0.6) is 0 Å². The van der Waals surface area contributed by atoms with Gasteiger partial charge in [-0.2, -0.15) is 0 Å². The number of rotatable bonds is 3. The molecule has 1 heterocycles. The third kappa shape index (κ3) is 2.52.